The van der Waals surface area contributed by atoms with E-state index in [1.165, 1.54) is 12.1 Å². The second-order valence-corrected chi connectivity index (χ2v) is 4.57. The minimum atomic E-state index is -0.868. The van der Waals surface area contributed by atoms with E-state index >= 15 is 0 Å². The van der Waals surface area contributed by atoms with Crippen molar-refractivity contribution in [3.63, 3.8) is 0 Å². The van der Waals surface area contributed by atoms with Gasteiger partial charge in [0.2, 0.25) is 5.91 Å². The SMILES string of the molecule is CNC(=O)Cc1ccccc1NCc1cccc(F)c1F. The van der Waals surface area contributed by atoms with Gasteiger partial charge in [0.1, 0.15) is 0 Å². The number of para-hydroxylation sites is 1. The van der Waals surface area contributed by atoms with Gasteiger partial charge in [-0.05, 0) is 17.7 Å². The number of rotatable bonds is 5. The zero-order valence-corrected chi connectivity index (χ0v) is 11.6. The smallest absolute Gasteiger partial charge is 0.224 e. The van der Waals surface area contributed by atoms with Crippen LogP contribution in [-0.2, 0) is 17.8 Å². The third-order valence-electron chi connectivity index (χ3n) is 3.15. The minimum Gasteiger partial charge on any atom is -0.381 e. The second kappa shape index (κ2) is 6.83. The van der Waals surface area contributed by atoms with Crippen molar-refractivity contribution in [1.82, 2.24) is 5.32 Å². The molecule has 0 fully saturated rings. The molecule has 5 heteroatoms. The van der Waals surface area contributed by atoms with Crippen LogP contribution in [0.4, 0.5) is 14.5 Å². The van der Waals surface area contributed by atoms with Crippen LogP contribution >= 0.6 is 0 Å². The summed E-state index contributed by atoms with van der Waals surface area (Å²) in [6.07, 6.45) is 0.227. The summed E-state index contributed by atoms with van der Waals surface area (Å²) in [7, 11) is 1.57. The number of benzene rings is 2. The van der Waals surface area contributed by atoms with Crippen molar-refractivity contribution in [2.45, 2.75) is 13.0 Å². The van der Waals surface area contributed by atoms with Crippen LogP contribution in [0, 0.1) is 11.6 Å². The summed E-state index contributed by atoms with van der Waals surface area (Å²) < 4.78 is 26.7. The van der Waals surface area contributed by atoms with E-state index < -0.39 is 11.6 Å². The van der Waals surface area contributed by atoms with E-state index in [2.05, 4.69) is 10.6 Å². The lowest BCUT2D eigenvalue weighted by atomic mass is 10.1. The fraction of sp³-hybridized carbons (Fsp3) is 0.188. The molecule has 2 N–H and O–H groups in total. The van der Waals surface area contributed by atoms with Gasteiger partial charge in [-0.3, -0.25) is 4.79 Å². The first-order valence-electron chi connectivity index (χ1n) is 6.57. The summed E-state index contributed by atoms with van der Waals surface area (Å²) in [5, 5.41) is 5.60. The zero-order valence-electron chi connectivity index (χ0n) is 11.6. The predicted molar refractivity (Wildman–Crippen MR) is 77.9 cm³/mol. The van der Waals surface area contributed by atoms with Gasteiger partial charge in [-0.15, -0.1) is 0 Å². The lowest BCUT2D eigenvalue weighted by Crippen LogP contribution is -2.20. The monoisotopic (exact) mass is 290 g/mol. The van der Waals surface area contributed by atoms with Gasteiger partial charge in [0.25, 0.3) is 0 Å². The molecule has 0 heterocycles. The van der Waals surface area contributed by atoms with Gasteiger partial charge in [0, 0.05) is 24.8 Å². The fourth-order valence-electron chi connectivity index (χ4n) is 1.98. The summed E-state index contributed by atoms with van der Waals surface area (Å²) >= 11 is 0. The number of hydrogen-bond donors (Lipinski definition) is 2. The molecule has 1 amide bonds. The summed E-state index contributed by atoms with van der Waals surface area (Å²) in [5.74, 6) is -1.83. The molecule has 0 unspecified atom stereocenters. The number of carbonyl (C=O) groups excluding carboxylic acids is 1. The Morgan fingerprint density at radius 3 is 2.52 bits per heavy atom. The third-order valence-corrected chi connectivity index (χ3v) is 3.15. The molecule has 0 aliphatic heterocycles. The standard InChI is InChI=1S/C16H16F2N2O/c1-19-15(21)9-11-5-2-3-8-14(11)20-10-12-6-4-7-13(17)16(12)18/h2-8,20H,9-10H2,1H3,(H,19,21). The molecule has 2 aromatic carbocycles. The van der Waals surface area contributed by atoms with Gasteiger partial charge >= 0.3 is 0 Å². The molecule has 0 aromatic heterocycles. The van der Waals surface area contributed by atoms with Crippen LogP contribution in [0.5, 0.6) is 0 Å². The second-order valence-electron chi connectivity index (χ2n) is 4.57. The van der Waals surface area contributed by atoms with Crippen LogP contribution < -0.4 is 10.6 Å². The summed E-state index contributed by atoms with van der Waals surface area (Å²) in [6, 6.07) is 11.3. The molecular weight excluding hydrogens is 274 g/mol. The lowest BCUT2D eigenvalue weighted by molar-refractivity contribution is -0.119. The highest BCUT2D eigenvalue weighted by Gasteiger charge is 2.09. The van der Waals surface area contributed by atoms with Crippen LogP contribution in [0.25, 0.3) is 0 Å². The number of amides is 1. The van der Waals surface area contributed by atoms with Crippen molar-refractivity contribution in [3.8, 4) is 0 Å². The Labute approximate surface area is 122 Å². The van der Waals surface area contributed by atoms with Crippen molar-refractivity contribution in [3.05, 3.63) is 65.2 Å². The first-order valence-corrected chi connectivity index (χ1v) is 6.57. The Hall–Kier alpha value is -2.43. The van der Waals surface area contributed by atoms with E-state index in [1.54, 1.807) is 13.1 Å². The first kappa shape index (κ1) is 15.0. The van der Waals surface area contributed by atoms with E-state index in [-0.39, 0.29) is 24.4 Å². The Morgan fingerprint density at radius 2 is 1.76 bits per heavy atom. The van der Waals surface area contributed by atoms with Crippen molar-refractivity contribution in [2.24, 2.45) is 0 Å². The average molecular weight is 290 g/mol. The van der Waals surface area contributed by atoms with Gasteiger partial charge in [-0.2, -0.15) is 0 Å². The molecule has 0 saturated carbocycles. The molecule has 110 valence electrons. The molecule has 0 spiro atoms. The molecule has 0 radical (unpaired) electrons. The van der Waals surface area contributed by atoms with Crippen LogP contribution in [0.15, 0.2) is 42.5 Å². The summed E-state index contributed by atoms with van der Waals surface area (Å²) in [6.45, 7) is 0.147. The van der Waals surface area contributed by atoms with E-state index in [0.29, 0.717) is 0 Å². The molecule has 0 saturated heterocycles. The van der Waals surface area contributed by atoms with Crippen LogP contribution in [-0.4, -0.2) is 13.0 Å². The molecular formula is C16H16F2N2O. The maximum atomic E-state index is 13.6. The predicted octanol–water partition coefficient (Wildman–Crippen LogP) is 2.87. The van der Waals surface area contributed by atoms with Gasteiger partial charge in [-0.1, -0.05) is 30.3 Å². The molecule has 0 atom stereocenters. The van der Waals surface area contributed by atoms with E-state index in [0.717, 1.165) is 17.3 Å². The first-order chi connectivity index (χ1) is 10.1. The highest BCUT2D eigenvalue weighted by atomic mass is 19.2. The molecule has 2 rings (SSSR count). The van der Waals surface area contributed by atoms with Crippen molar-refractivity contribution < 1.29 is 13.6 Å². The van der Waals surface area contributed by atoms with Gasteiger partial charge in [0.15, 0.2) is 11.6 Å². The van der Waals surface area contributed by atoms with Gasteiger partial charge < -0.3 is 10.6 Å². The molecule has 21 heavy (non-hydrogen) atoms. The maximum absolute atomic E-state index is 13.6. The zero-order chi connectivity index (χ0) is 15.2. The normalized spacial score (nSPS) is 10.2. The Bertz CT molecular complexity index is 644. The molecule has 0 bridgehead atoms. The van der Waals surface area contributed by atoms with Crippen molar-refractivity contribution in [2.75, 3.05) is 12.4 Å². The van der Waals surface area contributed by atoms with Crippen LogP contribution in [0.3, 0.4) is 0 Å². The summed E-state index contributed by atoms with van der Waals surface area (Å²) in [5.41, 5.74) is 1.77. The number of anilines is 1. The quantitative estimate of drug-likeness (QED) is 0.889. The van der Waals surface area contributed by atoms with Gasteiger partial charge in [-0.25, -0.2) is 8.78 Å². The molecule has 0 aliphatic carbocycles. The summed E-state index contributed by atoms with van der Waals surface area (Å²) in [4.78, 5) is 11.5. The fourth-order valence-corrected chi connectivity index (χ4v) is 1.98. The topological polar surface area (TPSA) is 41.1 Å². The number of carbonyl (C=O) groups is 1. The largest absolute Gasteiger partial charge is 0.381 e. The minimum absolute atomic E-state index is 0.110. The van der Waals surface area contributed by atoms with Crippen molar-refractivity contribution >= 4 is 11.6 Å². The Balaban J connectivity index is 2.13. The number of nitrogens with one attached hydrogen (secondary N) is 2. The van der Waals surface area contributed by atoms with Gasteiger partial charge in [0.05, 0.1) is 6.42 Å². The molecule has 0 aliphatic rings. The van der Waals surface area contributed by atoms with E-state index in [4.69, 9.17) is 0 Å². The Kier molecular flexibility index (Phi) is 4.87. The highest BCUT2D eigenvalue weighted by Crippen LogP contribution is 2.18. The average Bonchev–Trinajstić information content (AvgIpc) is 2.50. The van der Waals surface area contributed by atoms with E-state index in [9.17, 15) is 13.6 Å². The van der Waals surface area contributed by atoms with Crippen LogP contribution in [0.1, 0.15) is 11.1 Å². The lowest BCUT2D eigenvalue weighted by Gasteiger charge is -2.12. The molecule has 3 nitrogen and oxygen atoms in total. The molecule has 2 aromatic rings. The Morgan fingerprint density at radius 1 is 1.05 bits per heavy atom. The number of halogens is 2. The third kappa shape index (κ3) is 3.78. The highest BCUT2D eigenvalue weighted by molar-refractivity contribution is 5.80. The van der Waals surface area contributed by atoms with Crippen molar-refractivity contribution in [1.29, 1.82) is 0 Å². The van der Waals surface area contributed by atoms with Crippen LogP contribution in [0.2, 0.25) is 0 Å². The number of likely N-dealkylation sites (N-methyl/N-ethyl adjacent to an activating group) is 1. The van der Waals surface area contributed by atoms with E-state index in [1.807, 2.05) is 18.2 Å². The maximum Gasteiger partial charge on any atom is 0.224 e. The number of hydrogen-bond acceptors (Lipinski definition) is 2.